The molecule has 1 fully saturated rings. The SMILES string of the molecule is Fc1cnccc1C1COCCN1. The van der Waals surface area contributed by atoms with Crippen molar-refractivity contribution in [2.45, 2.75) is 6.04 Å². The van der Waals surface area contributed by atoms with Crippen molar-refractivity contribution in [1.82, 2.24) is 10.3 Å². The van der Waals surface area contributed by atoms with Gasteiger partial charge in [0, 0.05) is 18.3 Å². The van der Waals surface area contributed by atoms with Crippen LogP contribution in [0.2, 0.25) is 0 Å². The predicted octanol–water partition coefficient (Wildman–Crippen LogP) is 0.882. The van der Waals surface area contributed by atoms with Gasteiger partial charge < -0.3 is 10.1 Å². The van der Waals surface area contributed by atoms with E-state index in [1.165, 1.54) is 6.20 Å². The maximum absolute atomic E-state index is 13.2. The van der Waals surface area contributed by atoms with Gasteiger partial charge in [0.15, 0.2) is 0 Å². The average Bonchev–Trinajstić information content (AvgIpc) is 2.20. The third-order valence-corrected chi connectivity index (χ3v) is 2.10. The second-order valence-corrected chi connectivity index (χ2v) is 2.98. The average molecular weight is 182 g/mol. The lowest BCUT2D eigenvalue weighted by molar-refractivity contribution is 0.0757. The normalized spacial score (nSPS) is 23.0. The van der Waals surface area contributed by atoms with Crippen molar-refractivity contribution in [2.24, 2.45) is 0 Å². The first kappa shape index (κ1) is 8.59. The van der Waals surface area contributed by atoms with E-state index < -0.39 is 0 Å². The van der Waals surface area contributed by atoms with E-state index in [0.717, 1.165) is 6.54 Å². The van der Waals surface area contributed by atoms with Gasteiger partial charge in [-0.3, -0.25) is 4.98 Å². The van der Waals surface area contributed by atoms with Crippen molar-refractivity contribution in [3.05, 3.63) is 29.8 Å². The van der Waals surface area contributed by atoms with E-state index in [1.54, 1.807) is 12.3 Å². The fourth-order valence-electron chi connectivity index (χ4n) is 1.43. The largest absolute Gasteiger partial charge is 0.378 e. The van der Waals surface area contributed by atoms with Gasteiger partial charge in [-0.25, -0.2) is 4.39 Å². The molecule has 1 atom stereocenters. The Kier molecular flexibility index (Phi) is 2.52. The van der Waals surface area contributed by atoms with Gasteiger partial charge in [0.25, 0.3) is 0 Å². The van der Waals surface area contributed by atoms with Crippen molar-refractivity contribution >= 4 is 0 Å². The summed E-state index contributed by atoms with van der Waals surface area (Å²) in [6.07, 6.45) is 2.82. The lowest BCUT2D eigenvalue weighted by atomic mass is 10.1. The Morgan fingerprint density at radius 1 is 1.62 bits per heavy atom. The summed E-state index contributed by atoms with van der Waals surface area (Å²) in [7, 11) is 0. The Morgan fingerprint density at radius 3 is 3.23 bits per heavy atom. The van der Waals surface area contributed by atoms with Crippen LogP contribution in [-0.4, -0.2) is 24.7 Å². The summed E-state index contributed by atoms with van der Waals surface area (Å²) < 4.78 is 18.5. The van der Waals surface area contributed by atoms with Crippen LogP contribution in [0.5, 0.6) is 0 Å². The zero-order valence-electron chi connectivity index (χ0n) is 7.16. The molecule has 3 nitrogen and oxygen atoms in total. The van der Waals surface area contributed by atoms with Gasteiger partial charge in [-0.1, -0.05) is 0 Å². The Hall–Kier alpha value is -1.00. The number of pyridine rings is 1. The molecule has 2 rings (SSSR count). The van der Waals surface area contributed by atoms with Gasteiger partial charge in [-0.2, -0.15) is 0 Å². The van der Waals surface area contributed by atoms with Crippen molar-refractivity contribution in [3.8, 4) is 0 Å². The number of aromatic nitrogens is 1. The van der Waals surface area contributed by atoms with E-state index in [0.29, 0.717) is 18.8 Å². The molecule has 1 aliphatic rings. The lowest BCUT2D eigenvalue weighted by Gasteiger charge is -2.24. The number of rotatable bonds is 1. The van der Waals surface area contributed by atoms with E-state index in [-0.39, 0.29) is 11.9 Å². The van der Waals surface area contributed by atoms with Crippen molar-refractivity contribution in [2.75, 3.05) is 19.8 Å². The quantitative estimate of drug-likeness (QED) is 0.700. The van der Waals surface area contributed by atoms with Crippen molar-refractivity contribution < 1.29 is 9.13 Å². The Labute approximate surface area is 75.9 Å². The minimum atomic E-state index is -0.273. The van der Waals surface area contributed by atoms with Crippen LogP contribution in [0.3, 0.4) is 0 Å². The second-order valence-electron chi connectivity index (χ2n) is 2.98. The van der Waals surface area contributed by atoms with Crippen LogP contribution in [0.15, 0.2) is 18.5 Å². The highest BCUT2D eigenvalue weighted by Crippen LogP contribution is 2.17. The molecule has 1 saturated heterocycles. The van der Waals surface area contributed by atoms with Crippen LogP contribution < -0.4 is 5.32 Å². The summed E-state index contributed by atoms with van der Waals surface area (Å²) in [5.41, 5.74) is 0.634. The molecule has 1 aliphatic heterocycles. The number of morpholine rings is 1. The molecular weight excluding hydrogens is 171 g/mol. The number of nitrogens with zero attached hydrogens (tertiary/aromatic N) is 1. The fourth-order valence-corrected chi connectivity index (χ4v) is 1.43. The highest BCUT2D eigenvalue weighted by Gasteiger charge is 2.17. The number of hydrogen-bond acceptors (Lipinski definition) is 3. The van der Waals surface area contributed by atoms with Crippen LogP contribution in [0.25, 0.3) is 0 Å². The first-order chi connectivity index (χ1) is 6.38. The molecule has 0 spiro atoms. The van der Waals surface area contributed by atoms with Gasteiger partial charge in [0.1, 0.15) is 5.82 Å². The van der Waals surface area contributed by atoms with Gasteiger partial charge in [-0.15, -0.1) is 0 Å². The van der Waals surface area contributed by atoms with Gasteiger partial charge in [-0.05, 0) is 6.07 Å². The molecule has 1 aromatic heterocycles. The molecule has 0 amide bonds. The van der Waals surface area contributed by atoms with Crippen LogP contribution in [-0.2, 0) is 4.74 Å². The number of hydrogen-bond donors (Lipinski definition) is 1. The monoisotopic (exact) mass is 182 g/mol. The zero-order valence-corrected chi connectivity index (χ0v) is 7.16. The molecule has 0 aliphatic carbocycles. The van der Waals surface area contributed by atoms with E-state index in [1.807, 2.05) is 0 Å². The molecule has 0 aromatic carbocycles. The fraction of sp³-hybridized carbons (Fsp3) is 0.444. The van der Waals surface area contributed by atoms with Crippen molar-refractivity contribution in [3.63, 3.8) is 0 Å². The standard InChI is InChI=1S/C9H11FN2O/c10-8-5-11-2-1-7(8)9-6-13-4-3-12-9/h1-2,5,9,12H,3-4,6H2. The highest BCUT2D eigenvalue weighted by molar-refractivity contribution is 5.17. The van der Waals surface area contributed by atoms with Gasteiger partial charge in [0.05, 0.1) is 25.5 Å². The van der Waals surface area contributed by atoms with Crippen molar-refractivity contribution in [1.29, 1.82) is 0 Å². The summed E-state index contributed by atoms with van der Waals surface area (Å²) in [5, 5.41) is 3.18. The maximum atomic E-state index is 13.2. The van der Waals surface area contributed by atoms with Gasteiger partial charge in [0.2, 0.25) is 0 Å². The summed E-state index contributed by atoms with van der Waals surface area (Å²) in [4.78, 5) is 3.70. The molecule has 70 valence electrons. The molecule has 1 aromatic rings. The molecule has 4 heteroatoms. The molecule has 1 N–H and O–H groups in total. The Bertz CT molecular complexity index is 287. The lowest BCUT2D eigenvalue weighted by Crippen LogP contribution is -2.35. The summed E-state index contributed by atoms with van der Waals surface area (Å²) >= 11 is 0. The van der Waals surface area contributed by atoms with E-state index in [9.17, 15) is 4.39 Å². The molecular formula is C9H11FN2O. The third-order valence-electron chi connectivity index (χ3n) is 2.10. The third kappa shape index (κ3) is 1.84. The minimum Gasteiger partial charge on any atom is -0.378 e. The van der Waals surface area contributed by atoms with Crippen LogP contribution in [0.1, 0.15) is 11.6 Å². The molecule has 1 unspecified atom stereocenters. The molecule has 0 saturated carbocycles. The summed E-state index contributed by atoms with van der Waals surface area (Å²) in [6.45, 7) is 2.00. The first-order valence-electron chi connectivity index (χ1n) is 4.28. The van der Waals surface area contributed by atoms with Gasteiger partial charge >= 0.3 is 0 Å². The number of nitrogens with one attached hydrogen (secondary N) is 1. The highest BCUT2D eigenvalue weighted by atomic mass is 19.1. The number of ether oxygens (including phenoxy) is 1. The van der Waals surface area contributed by atoms with Crippen LogP contribution in [0.4, 0.5) is 4.39 Å². The minimum absolute atomic E-state index is 0.0308. The molecule has 13 heavy (non-hydrogen) atoms. The second kappa shape index (κ2) is 3.81. The van der Waals surface area contributed by atoms with E-state index in [4.69, 9.17) is 4.74 Å². The first-order valence-corrected chi connectivity index (χ1v) is 4.28. The molecule has 0 bridgehead atoms. The summed E-state index contributed by atoms with van der Waals surface area (Å²) in [6, 6.07) is 1.65. The molecule has 2 heterocycles. The summed E-state index contributed by atoms with van der Waals surface area (Å²) in [5.74, 6) is -0.273. The molecule has 0 radical (unpaired) electrons. The van der Waals surface area contributed by atoms with Crippen LogP contribution in [0, 0.1) is 5.82 Å². The topological polar surface area (TPSA) is 34.1 Å². The Balaban J connectivity index is 2.18. The van der Waals surface area contributed by atoms with E-state index >= 15 is 0 Å². The maximum Gasteiger partial charge on any atom is 0.146 e. The zero-order chi connectivity index (χ0) is 9.10. The van der Waals surface area contributed by atoms with E-state index in [2.05, 4.69) is 10.3 Å². The Morgan fingerprint density at radius 2 is 2.54 bits per heavy atom. The number of halogens is 1. The predicted molar refractivity (Wildman–Crippen MR) is 45.8 cm³/mol. The smallest absolute Gasteiger partial charge is 0.146 e. The van der Waals surface area contributed by atoms with Crippen LogP contribution >= 0.6 is 0 Å².